The van der Waals surface area contributed by atoms with Crippen LogP contribution in [-0.2, 0) is 5.41 Å². The molecule has 1 aliphatic heterocycles. The highest BCUT2D eigenvalue weighted by Gasteiger charge is 2.35. The van der Waals surface area contributed by atoms with E-state index in [0.717, 1.165) is 10.9 Å². The highest BCUT2D eigenvalue weighted by Crippen LogP contribution is 2.39. The maximum atomic E-state index is 13.2. The van der Waals surface area contributed by atoms with Gasteiger partial charge in [-0.3, -0.25) is 4.79 Å². The lowest BCUT2D eigenvalue weighted by molar-refractivity contribution is 0.0798. The first-order valence-corrected chi connectivity index (χ1v) is 9.34. The number of hydrogen-bond acceptors (Lipinski definition) is 3. The summed E-state index contributed by atoms with van der Waals surface area (Å²) in [4.78, 5) is 26.9. The Labute approximate surface area is 168 Å². The first-order chi connectivity index (χ1) is 13.8. The second-order valence-electron chi connectivity index (χ2n) is 7.73. The molecule has 0 fully saturated rings. The van der Waals surface area contributed by atoms with E-state index in [2.05, 4.69) is 0 Å². The first kappa shape index (κ1) is 18.8. The van der Waals surface area contributed by atoms with Gasteiger partial charge >= 0.3 is 6.09 Å². The zero-order valence-corrected chi connectivity index (χ0v) is 16.5. The van der Waals surface area contributed by atoms with Crippen LogP contribution in [0, 0.1) is 0 Å². The fraction of sp³-hybridized carbons (Fsp3) is 0.217. The van der Waals surface area contributed by atoms with Gasteiger partial charge in [0.25, 0.3) is 5.91 Å². The Morgan fingerprint density at radius 3 is 2.48 bits per heavy atom. The van der Waals surface area contributed by atoms with Crippen LogP contribution in [0.2, 0.25) is 0 Å². The van der Waals surface area contributed by atoms with Crippen molar-refractivity contribution in [2.24, 2.45) is 0 Å². The predicted molar refractivity (Wildman–Crippen MR) is 111 cm³/mol. The van der Waals surface area contributed by atoms with E-state index in [0.29, 0.717) is 29.1 Å². The molecule has 1 N–H and O–H groups in total. The number of fused-ring (bicyclic) bond motifs is 3. The van der Waals surface area contributed by atoms with Crippen LogP contribution in [0.5, 0.6) is 5.75 Å². The van der Waals surface area contributed by atoms with Gasteiger partial charge < -0.3 is 14.7 Å². The quantitative estimate of drug-likeness (QED) is 0.695. The Morgan fingerprint density at radius 2 is 1.76 bits per heavy atom. The van der Waals surface area contributed by atoms with Crippen LogP contribution in [0.3, 0.4) is 0 Å². The molecule has 0 bridgehead atoms. The maximum absolute atomic E-state index is 13.2. The van der Waals surface area contributed by atoms with Crippen molar-refractivity contribution in [1.29, 1.82) is 0 Å². The normalized spacial score (nSPS) is 15.1. The van der Waals surface area contributed by atoms with Crippen molar-refractivity contribution >= 4 is 29.0 Å². The molecule has 0 saturated carbocycles. The second-order valence-corrected chi connectivity index (χ2v) is 7.73. The zero-order chi connectivity index (χ0) is 20.8. The van der Waals surface area contributed by atoms with Gasteiger partial charge in [-0.05, 0) is 29.8 Å². The molecule has 6 nitrogen and oxygen atoms in total. The van der Waals surface area contributed by atoms with Crippen molar-refractivity contribution in [2.45, 2.75) is 19.3 Å². The van der Waals surface area contributed by atoms with Crippen LogP contribution in [0.15, 0.2) is 54.7 Å². The SMILES string of the molecule is COc1ccccc1C(=O)N1C=Cc2c(c3ccccc3n2C(=O)O)C(C)(C)C1. The van der Waals surface area contributed by atoms with E-state index < -0.39 is 11.5 Å². The molecular weight excluding hydrogens is 368 g/mol. The molecule has 29 heavy (non-hydrogen) atoms. The summed E-state index contributed by atoms with van der Waals surface area (Å²) >= 11 is 0. The number of para-hydroxylation sites is 2. The van der Waals surface area contributed by atoms with Crippen LogP contribution in [0.4, 0.5) is 4.79 Å². The summed E-state index contributed by atoms with van der Waals surface area (Å²) in [6.07, 6.45) is 2.33. The number of methoxy groups -OCH3 is 1. The average Bonchev–Trinajstić information content (AvgIpc) is 2.98. The van der Waals surface area contributed by atoms with Gasteiger partial charge in [0.05, 0.1) is 23.9 Å². The number of carboxylic acid groups (broad SMARTS) is 1. The Hall–Kier alpha value is -3.54. The summed E-state index contributed by atoms with van der Waals surface area (Å²) in [6.45, 7) is 4.46. The van der Waals surface area contributed by atoms with Crippen molar-refractivity contribution < 1.29 is 19.4 Å². The van der Waals surface area contributed by atoms with Crippen LogP contribution in [0.25, 0.3) is 17.0 Å². The van der Waals surface area contributed by atoms with Crippen molar-refractivity contribution in [2.75, 3.05) is 13.7 Å². The molecular formula is C23H22N2O4. The smallest absolute Gasteiger partial charge is 0.416 e. The Morgan fingerprint density at radius 1 is 1.07 bits per heavy atom. The van der Waals surface area contributed by atoms with E-state index in [1.54, 1.807) is 41.4 Å². The topological polar surface area (TPSA) is 71.8 Å². The third kappa shape index (κ3) is 2.97. The van der Waals surface area contributed by atoms with E-state index >= 15 is 0 Å². The number of aromatic nitrogens is 1. The molecule has 2 heterocycles. The van der Waals surface area contributed by atoms with Gasteiger partial charge in [0, 0.05) is 23.5 Å². The number of nitrogens with zero attached hydrogens (tertiary/aromatic N) is 2. The molecule has 1 aliphatic rings. The van der Waals surface area contributed by atoms with Crippen LogP contribution in [0.1, 0.15) is 35.5 Å². The van der Waals surface area contributed by atoms with Crippen molar-refractivity contribution in [1.82, 2.24) is 9.47 Å². The molecule has 148 valence electrons. The van der Waals surface area contributed by atoms with Crippen LogP contribution in [-0.4, -0.2) is 40.2 Å². The summed E-state index contributed by atoms with van der Waals surface area (Å²) in [7, 11) is 1.53. The number of ether oxygens (including phenoxy) is 1. The van der Waals surface area contributed by atoms with E-state index in [1.165, 1.54) is 11.7 Å². The van der Waals surface area contributed by atoms with E-state index in [1.807, 2.05) is 38.1 Å². The maximum Gasteiger partial charge on any atom is 0.416 e. The fourth-order valence-corrected chi connectivity index (χ4v) is 4.17. The van der Waals surface area contributed by atoms with Crippen molar-refractivity contribution in [3.05, 3.63) is 71.6 Å². The lowest BCUT2D eigenvalue weighted by Gasteiger charge is -2.30. The Kier molecular flexibility index (Phi) is 4.42. The molecule has 0 unspecified atom stereocenters. The van der Waals surface area contributed by atoms with E-state index in [4.69, 9.17) is 4.74 Å². The zero-order valence-electron chi connectivity index (χ0n) is 16.5. The summed E-state index contributed by atoms with van der Waals surface area (Å²) in [6, 6.07) is 14.6. The summed E-state index contributed by atoms with van der Waals surface area (Å²) in [5.74, 6) is 0.314. The largest absolute Gasteiger partial charge is 0.496 e. The Bertz CT molecular complexity index is 1160. The minimum absolute atomic E-state index is 0.192. The van der Waals surface area contributed by atoms with Crippen LogP contribution < -0.4 is 4.74 Å². The van der Waals surface area contributed by atoms with Gasteiger partial charge in [0.2, 0.25) is 0 Å². The van der Waals surface area contributed by atoms with Crippen molar-refractivity contribution in [3.8, 4) is 5.75 Å². The molecule has 1 aromatic heterocycles. The molecule has 0 spiro atoms. The van der Waals surface area contributed by atoms with Crippen LogP contribution >= 0.6 is 0 Å². The van der Waals surface area contributed by atoms with E-state index in [-0.39, 0.29) is 5.91 Å². The molecule has 6 heteroatoms. The number of rotatable bonds is 2. The summed E-state index contributed by atoms with van der Waals surface area (Å²) < 4.78 is 6.63. The molecule has 0 radical (unpaired) electrons. The first-order valence-electron chi connectivity index (χ1n) is 9.34. The molecule has 2 aromatic carbocycles. The number of amides is 1. The highest BCUT2D eigenvalue weighted by molar-refractivity contribution is 6.00. The fourth-order valence-electron chi connectivity index (χ4n) is 4.17. The lowest BCUT2D eigenvalue weighted by Crippen LogP contribution is -2.37. The third-order valence-electron chi connectivity index (χ3n) is 5.36. The van der Waals surface area contributed by atoms with Gasteiger partial charge in [-0.25, -0.2) is 9.36 Å². The number of benzene rings is 2. The van der Waals surface area contributed by atoms with E-state index in [9.17, 15) is 14.7 Å². The second kappa shape index (κ2) is 6.81. The Balaban J connectivity index is 1.87. The number of carbonyl (C=O) groups is 2. The average molecular weight is 390 g/mol. The monoisotopic (exact) mass is 390 g/mol. The number of hydrogen-bond donors (Lipinski definition) is 1. The highest BCUT2D eigenvalue weighted by atomic mass is 16.5. The van der Waals surface area contributed by atoms with Gasteiger partial charge in [-0.2, -0.15) is 0 Å². The van der Waals surface area contributed by atoms with Gasteiger partial charge in [0.15, 0.2) is 0 Å². The van der Waals surface area contributed by atoms with Gasteiger partial charge in [-0.1, -0.05) is 44.2 Å². The molecule has 0 aliphatic carbocycles. The minimum atomic E-state index is -1.05. The molecule has 3 aromatic rings. The third-order valence-corrected chi connectivity index (χ3v) is 5.36. The minimum Gasteiger partial charge on any atom is -0.496 e. The standard InChI is InChI=1S/C23H22N2O4/c1-23(2)14-24(21(26)16-9-5-7-11-19(16)29-3)13-12-18-20(23)15-8-4-6-10-17(15)25(18)22(27)28/h4-13H,14H2,1-3H3,(H,27,28). The molecule has 0 atom stereocenters. The number of carbonyl (C=O) groups excluding carboxylic acids is 1. The summed E-state index contributed by atoms with van der Waals surface area (Å²) in [5.41, 5.74) is 2.14. The predicted octanol–water partition coefficient (Wildman–Crippen LogP) is 4.58. The molecule has 1 amide bonds. The van der Waals surface area contributed by atoms with Gasteiger partial charge in [0.1, 0.15) is 5.75 Å². The van der Waals surface area contributed by atoms with Crippen molar-refractivity contribution in [3.63, 3.8) is 0 Å². The lowest BCUT2D eigenvalue weighted by atomic mass is 9.82. The van der Waals surface area contributed by atoms with Gasteiger partial charge in [-0.15, -0.1) is 0 Å². The molecule has 4 rings (SSSR count). The molecule has 0 saturated heterocycles. The summed E-state index contributed by atoms with van der Waals surface area (Å²) in [5, 5.41) is 10.7.